The van der Waals surface area contributed by atoms with Crippen LogP contribution in [-0.2, 0) is 13.1 Å². The molecule has 0 amide bonds. The summed E-state index contributed by atoms with van der Waals surface area (Å²) in [6, 6.07) is 8.55. The van der Waals surface area contributed by atoms with Crippen molar-refractivity contribution < 1.29 is 4.63 Å². The molecular weight excluding hydrogens is 252 g/mol. The molecule has 0 fully saturated rings. The second-order valence-corrected chi connectivity index (χ2v) is 4.87. The topological polar surface area (TPSA) is 55.9 Å². The highest BCUT2D eigenvalue weighted by Gasteiger charge is 2.09. The van der Waals surface area contributed by atoms with Crippen molar-refractivity contribution in [2.24, 2.45) is 0 Å². The summed E-state index contributed by atoms with van der Waals surface area (Å²) >= 11 is 0. The monoisotopic (exact) mass is 270 g/mol. The van der Waals surface area contributed by atoms with E-state index in [4.69, 9.17) is 4.63 Å². The first-order valence-corrected chi connectivity index (χ1v) is 6.85. The fraction of sp³-hybridized carbons (Fsp3) is 0.333. The summed E-state index contributed by atoms with van der Waals surface area (Å²) < 4.78 is 6.94. The molecule has 2 aromatic heterocycles. The molecule has 0 atom stereocenters. The van der Waals surface area contributed by atoms with E-state index < -0.39 is 0 Å². The predicted molar refractivity (Wildman–Crippen MR) is 77.5 cm³/mol. The van der Waals surface area contributed by atoms with Gasteiger partial charge in [-0.05, 0) is 31.2 Å². The van der Waals surface area contributed by atoms with Crippen molar-refractivity contribution in [2.75, 3.05) is 6.54 Å². The van der Waals surface area contributed by atoms with E-state index in [-0.39, 0.29) is 0 Å². The lowest BCUT2D eigenvalue weighted by atomic mass is 10.1. The van der Waals surface area contributed by atoms with E-state index >= 15 is 0 Å². The largest absolute Gasteiger partial charge is 0.341 e. The number of fused-ring (bicyclic) bond motifs is 1. The quantitative estimate of drug-likeness (QED) is 0.774. The van der Waals surface area contributed by atoms with Crippen LogP contribution in [0.3, 0.4) is 0 Å². The highest BCUT2D eigenvalue weighted by Crippen LogP contribution is 2.21. The van der Waals surface area contributed by atoms with E-state index in [1.165, 1.54) is 16.5 Å². The molecule has 1 aromatic carbocycles. The summed E-state index contributed by atoms with van der Waals surface area (Å²) in [5, 5.41) is 12.4. The Kier molecular flexibility index (Phi) is 3.52. The fourth-order valence-electron chi connectivity index (χ4n) is 2.39. The summed E-state index contributed by atoms with van der Waals surface area (Å²) in [6.45, 7) is 6.58. The molecule has 0 bridgehead atoms. The molecule has 1 N–H and O–H groups in total. The minimum Gasteiger partial charge on any atom is -0.341 e. The number of rotatable bonds is 5. The SMILES string of the molecule is CCNCc1cccc2c1ccn2Cc1nonc1C. The minimum atomic E-state index is 0.684. The van der Waals surface area contributed by atoms with Gasteiger partial charge in [0.15, 0.2) is 0 Å². The highest BCUT2D eigenvalue weighted by molar-refractivity contribution is 5.83. The third-order valence-electron chi connectivity index (χ3n) is 3.54. The molecule has 0 spiro atoms. The van der Waals surface area contributed by atoms with Crippen LogP contribution in [0, 0.1) is 6.92 Å². The van der Waals surface area contributed by atoms with E-state index in [0.717, 1.165) is 24.5 Å². The maximum absolute atomic E-state index is 4.76. The van der Waals surface area contributed by atoms with E-state index in [0.29, 0.717) is 6.54 Å². The van der Waals surface area contributed by atoms with Crippen molar-refractivity contribution in [1.29, 1.82) is 0 Å². The van der Waals surface area contributed by atoms with Gasteiger partial charge in [-0.1, -0.05) is 29.4 Å². The molecule has 0 saturated heterocycles. The maximum atomic E-state index is 4.76. The lowest BCUT2D eigenvalue weighted by molar-refractivity contribution is 0.300. The zero-order chi connectivity index (χ0) is 13.9. The number of benzene rings is 1. The standard InChI is InChI=1S/C15H18N4O/c1-3-16-9-12-5-4-6-15-13(12)7-8-19(15)10-14-11(2)17-20-18-14/h4-8,16H,3,9-10H2,1-2H3. The first-order valence-electron chi connectivity index (χ1n) is 6.85. The molecule has 0 radical (unpaired) electrons. The molecule has 104 valence electrons. The molecule has 3 aromatic rings. The third kappa shape index (κ3) is 2.32. The molecule has 0 aliphatic carbocycles. The smallest absolute Gasteiger partial charge is 0.127 e. The Morgan fingerprint density at radius 1 is 1.25 bits per heavy atom. The number of hydrogen-bond donors (Lipinski definition) is 1. The average molecular weight is 270 g/mol. The van der Waals surface area contributed by atoms with Gasteiger partial charge in [-0.2, -0.15) is 0 Å². The van der Waals surface area contributed by atoms with Crippen LogP contribution in [0.2, 0.25) is 0 Å². The van der Waals surface area contributed by atoms with Gasteiger partial charge in [-0.15, -0.1) is 0 Å². The van der Waals surface area contributed by atoms with Crippen molar-refractivity contribution >= 4 is 10.9 Å². The van der Waals surface area contributed by atoms with Crippen LogP contribution in [-0.4, -0.2) is 21.4 Å². The fourth-order valence-corrected chi connectivity index (χ4v) is 2.39. The summed E-state index contributed by atoms with van der Waals surface area (Å²) in [6.07, 6.45) is 2.09. The molecule has 20 heavy (non-hydrogen) atoms. The Labute approximate surface area is 117 Å². The lowest BCUT2D eigenvalue weighted by Gasteiger charge is -2.06. The molecule has 3 rings (SSSR count). The first-order chi connectivity index (χ1) is 9.79. The summed E-state index contributed by atoms with van der Waals surface area (Å²) in [5.74, 6) is 0. The third-order valence-corrected chi connectivity index (χ3v) is 3.54. The Hall–Kier alpha value is -2.14. The molecule has 2 heterocycles. The average Bonchev–Trinajstić information content (AvgIpc) is 3.05. The van der Waals surface area contributed by atoms with Crippen LogP contribution in [0.4, 0.5) is 0 Å². The van der Waals surface area contributed by atoms with Gasteiger partial charge in [0, 0.05) is 23.6 Å². The zero-order valence-corrected chi connectivity index (χ0v) is 11.8. The summed E-state index contributed by atoms with van der Waals surface area (Å²) in [7, 11) is 0. The molecule has 5 heteroatoms. The van der Waals surface area contributed by atoms with Gasteiger partial charge in [-0.3, -0.25) is 0 Å². The number of hydrogen-bond acceptors (Lipinski definition) is 4. The molecule has 0 aliphatic rings. The van der Waals surface area contributed by atoms with E-state index in [1.807, 2.05) is 6.92 Å². The van der Waals surface area contributed by atoms with Crippen LogP contribution in [0.15, 0.2) is 35.1 Å². The van der Waals surface area contributed by atoms with E-state index in [9.17, 15) is 0 Å². The van der Waals surface area contributed by atoms with E-state index in [1.54, 1.807) is 0 Å². The van der Waals surface area contributed by atoms with Gasteiger partial charge in [0.1, 0.15) is 11.4 Å². The van der Waals surface area contributed by atoms with Gasteiger partial charge in [0.2, 0.25) is 0 Å². The molecule has 0 saturated carbocycles. The second-order valence-electron chi connectivity index (χ2n) is 4.87. The van der Waals surface area contributed by atoms with Crippen LogP contribution in [0.5, 0.6) is 0 Å². The molecule has 0 aliphatic heterocycles. The zero-order valence-electron chi connectivity index (χ0n) is 11.8. The Morgan fingerprint density at radius 2 is 2.15 bits per heavy atom. The van der Waals surface area contributed by atoms with Gasteiger partial charge < -0.3 is 9.88 Å². The minimum absolute atomic E-state index is 0.684. The van der Waals surface area contributed by atoms with Crippen molar-refractivity contribution in [1.82, 2.24) is 20.2 Å². The lowest BCUT2D eigenvalue weighted by Crippen LogP contribution is -2.11. The maximum Gasteiger partial charge on any atom is 0.127 e. The van der Waals surface area contributed by atoms with Crippen molar-refractivity contribution in [3.8, 4) is 0 Å². The van der Waals surface area contributed by atoms with Crippen molar-refractivity contribution in [2.45, 2.75) is 26.9 Å². The number of nitrogens with one attached hydrogen (secondary N) is 1. The predicted octanol–water partition coefficient (Wildman–Crippen LogP) is 2.49. The molecule has 5 nitrogen and oxygen atoms in total. The van der Waals surface area contributed by atoms with Crippen LogP contribution in [0.1, 0.15) is 23.9 Å². The number of nitrogens with zero attached hydrogens (tertiary/aromatic N) is 3. The van der Waals surface area contributed by atoms with Gasteiger partial charge in [0.25, 0.3) is 0 Å². The Balaban J connectivity index is 1.95. The van der Waals surface area contributed by atoms with Gasteiger partial charge >= 0.3 is 0 Å². The van der Waals surface area contributed by atoms with Gasteiger partial charge in [0.05, 0.1) is 6.54 Å². The van der Waals surface area contributed by atoms with Gasteiger partial charge in [-0.25, -0.2) is 4.63 Å². The van der Waals surface area contributed by atoms with E-state index in [2.05, 4.69) is 57.6 Å². The van der Waals surface area contributed by atoms with Crippen LogP contribution in [0.25, 0.3) is 10.9 Å². The summed E-state index contributed by atoms with van der Waals surface area (Å²) in [4.78, 5) is 0. The second kappa shape index (κ2) is 5.46. The normalized spacial score (nSPS) is 11.3. The molecular formula is C15H18N4O. The first kappa shape index (κ1) is 12.9. The number of aromatic nitrogens is 3. The van der Waals surface area contributed by atoms with Crippen LogP contribution >= 0.6 is 0 Å². The highest BCUT2D eigenvalue weighted by atomic mass is 16.6. The van der Waals surface area contributed by atoms with Crippen molar-refractivity contribution in [3.05, 3.63) is 47.4 Å². The molecule has 0 unspecified atom stereocenters. The Bertz CT molecular complexity index is 714. The van der Waals surface area contributed by atoms with Crippen molar-refractivity contribution in [3.63, 3.8) is 0 Å². The summed E-state index contributed by atoms with van der Waals surface area (Å²) in [5.41, 5.74) is 4.25. The Morgan fingerprint density at radius 3 is 2.90 bits per heavy atom. The number of aryl methyl sites for hydroxylation is 1. The van der Waals surface area contributed by atoms with Crippen LogP contribution < -0.4 is 5.32 Å².